The third-order valence-corrected chi connectivity index (χ3v) is 5.17. The number of nitrogens with zero attached hydrogens (tertiary/aromatic N) is 3. The number of aliphatic imine (C=N–C) groups is 1. The van der Waals surface area contributed by atoms with E-state index in [1.807, 2.05) is 13.1 Å². The molecule has 3 rings (SSSR count). The van der Waals surface area contributed by atoms with E-state index in [1.165, 1.54) is 12.8 Å². The molecule has 164 valence electrons. The van der Waals surface area contributed by atoms with Crippen molar-refractivity contribution in [2.75, 3.05) is 31.1 Å². The van der Waals surface area contributed by atoms with Gasteiger partial charge in [0.15, 0.2) is 5.96 Å². The molecule has 6 nitrogen and oxygen atoms in total. The highest BCUT2D eigenvalue weighted by Gasteiger charge is 2.13. The minimum absolute atomic E-state index is 0. The summed E-state index contributed by atoms with van der Waals surface area (Å²) in [5, 5.41) is 17.8. The summed E-state index contributed by atoms with van der Waals surface area (Å²) in [4.78, 5) is 11.5. The van der Waals surface area contributed by atoms with E-state index in [-0.39, 0.29) is 30.5 Å². The van der Waals surface area contributed by atoms with Crippen molar-refractivity contribution >= 4 is 59.0 Å². The normalized spacial score (nSPS) is 14.9. The van der Waals surface area contributed by atoms with Crippen molar-refractivity contribution in [3.8, 4) is 0 Å². The average molecular weight is 564 g/mol. The van der Waals surface area contributed by atoms with Crippen LogP contribution in [-0.2, 0) is 6.54 Å². The first kappa shape index (κ1) is 25.0. The Bertz CT molecular complexity index is 808. The molecule has 1 saturated heterocycles. The van der Waals surface area contributed by atoms with Crippen LogP contribution < -0.4 is 15.5 Å². The molecule has 0 spiro atoms. The van der Waals surface area contributed by atoms with Crippen LogP contribution in [0.2, 0.25) is 10.0 Å². The van der Waals surface area contributed by atoms with E-state index in [0.717, 1.165) is 31.0 Å². The average Bonchev–Trinajstić information content (AvgIpc) is 3.24. The molecule has 1 aliphatic heterocycles. The van der Waals surface area contributed by atoms with Crippen molar-refractivity contribution in [2.45, 2.75) is 32.4 Å². The zero-order chi connectivity index (χ0) is 20.6. The van der Waals surface area contributed by atoms with Gasteiger partial charge in [-0.1, -0.05) is 29.3 Å². The lowest BCUT2D eigenvalue weighted by atomic mass is 10.1. The fourth-order valence-corrected chi connectivity index (χ4v) is 3.78. The van der Waals surface area contributed by atoms with Gasteiger partial charge < -0.3 is 20.6 Å². The molecule has 0 saturated carbocycles. The van der Waals surface area contributed by atoms with E-state index < -0.39 is 6.10 Å². The SMILES string of the molecule is CCNC(=NCc1ccc(N2CCCC2)nc1)NCC(O)c1cc(Cl)cc(Cl)c1.I. The number of rotatable bonds is 7. The van der Waals surface area contributed by atoms with E-state index in [4.69, 9.17) is 23.2 Å². The van der Waals surface area contributed by atoms with Crippen LogP contribution in [-0.4, -0.2) is 42.2 Å². The van der Waals surface area contributed by atoms with Crippen LogP contribution in [0.4, 0.5) is 5.82 Å². The molecule has 1 aromatic carbocycles. The lowest BCUT2D eigenvalue weighted by Crippen LogP contribution is -2.39. The molecular formula is C21H28Cl2IN5O. The minimum atomic E-state index is -0.753. The van der Waals surface area contributed by atoms with Crippen LogP contribution in [0, 0.1) is 0 Å². The highest BCUT2D eigenvalue weighted by molar-refractivity contribution is 14.0. The number of aliphatic hydroxyl groups is 1. The summed E-state index contributed by atoms with van der Waals surface area (Å²) < 4.78 is 0. The molecule has 1 fully saturated rings. The van der Waals surface area contributed by atoms with Gasteiger partial charge in [-0.25, -0.2) is 9.98 Å². The summed E-state index contributed by atoms with van der Waals surface area (Å²) in [7, 11) is 0. The number of guanidine groups is 1. The van der Waals surface area contributed by atoms with Crippen molar-refractivity contribution in [3.05, 3.63) is 57.7 Å². The van der Waals surface area contributed by atoms with Gasteiger partial charge in [0.05, 0.1) is 12.6 Å². The Hall–Kier alpha value is -1.29. The molecule has 1 aromatic heterocycles. The number of benzene rings is 1. The summed E-state index contributed by atoms with van der Waals surface area (Å²) in [6.07, 6.45) is 3.59. The number of hydrogen-bond acceptors (Lipinski definition) is 4. The molecule has 0 radical (unpaired) electrons. The molecule has 3 N–H and O–H groups in total. The van der Waals surface area contributed by atoms with E-state index in [2.05, 4.69) is 37.6 Å². The molecule has 2 aromatic rings. The first-order valence-electron chi connectivity index (χ1n) is 9.91. The van der Waals surface area contributed by atoms with Gasteiger partial charge in [-0.3, -0.25) is 0 Å². The highest BCUT2D eigenvalue weighted by Crippen LogP contribution is 2.23. The van der Waals surface area contributed by atoms with Gasteiger partial charge >= 0.3 is 0 Å². The number of nitrogens with one attached hydrogen (secondary N) is 2. The molecule has 2 heterocycles. The van der Waals surface area contributed by atoms with Crippen LogP contribution in [0.25, 0.3) is 0 Å². The van der Waals surface area contributed by atoms with Gasteiger partial charge in [0.1, 0.15) is 5.82 Å². The fraction of sp³-hybridized carbons (Fsp3) is 0.429. The van der Waals surface area contributed by atoms with Crippen LogP contribution in [0.1, 0.15) is 37.0 Å². The largest absolute Gasteiger partial charge is 0.387 e. The third-order valence-electron chi connectivity index (χ3n) is 4.74. The first-order valence-corrected chi connectivity index (χ1v) is 10.7. The summed E-state index contributed by atoms with van der Waals surface area (Å²) in [6.45, 7) is 5.67. The predicted octanol–water partition coefficient (Wildman–Crippen LogP) is 4.40. The molecule has 30 heavy (non-hydrogen) atoms. The molecule has 1 atom stereocenters. The summed E-state index contributed by atoms with van der Waals surface area (Å²) in [6, 6.07) is 9.18. The number of anilines is 1. The zero-order valence-corrected chi connectivity index (χ0v) is 20.8. The van der Waals surface area contributed by atoms with Crippen LogP contribution >= 0.6 is 47.2 Å². The smallest absolute Gasteiger partial charge is 0.191 e. The van der Waals surface area contributed by atoms with Gasteiger partial charge in [0, 0.05) is 42.4 Å². The molecule has 1 aliphatic rings. The Kier molecular flexibility index (Phi) is 10.4. The molecule has 0 aliphatic carbocycles. The van der Waals surface area contributed by atoms with Crippen LogP contribution in [0.15, 0.2) is 41.5 Å². The maximum Gasteiger partial charge on any atom is 0.191 e. The molecule has 1 unspecified atom stereocenters. The zero-order valence-electron chi connectivity index (χ0n) is 16.9. The predicted molar refractivity (Wildman–Crippen MR) is 135 cm³/mol. The first-order chi connectivity index (χ1) is 14.0. The van der Waals surface area contributed by atoms with E-state index in [1.54, 1.807) is 18.2 Å². The number of aliphatic hydroxyl groups excluding tert-OH is 1. The van der Waals surface area contributed by atoms with Crippen LogP contribution in [0.3, 0.4) is 0 Å². The topological polar surface area (TPSA) is 72.8 Å². The van der Waals surface area contributed by atoms with Crippen molar-refractivity contribution in [2.24, 2.45) is 4.99 Å². The molecular weight excluding hydrogens is 536 g/mol. The second-order valence-corrected chi connectivity index (χ2v) is 7.89. The maximum atomic E-state index is 10.4. The summed E-state index contributed by atoms with van der Waals surface area (Å²) in [5.74, 6) is 1.66. The van der Waals surface area contributed by atoms with E-state index in [0.29, 0.717) is 28.1 Å². The fourth-order valence-electron chi connectivity index (χ4n) is 3.23. The van der Waals surface area contributed by atoms with Gasteiger partial charge in [0.2, 0.25) is 0 Å². The van der Waals surface area contributed by atoms with Gasteiger partial charge in [0.25, 0.3) is 0 Å². The van der Waals surface area contributed by atoms with Crippen molar-refractivity contribution in [1.29, 1.82) is 0 Å². The standard InChI is InChI=1S/C21H27Cl2N5O.HI/c1-2-24-21(27-14-19(29)16-9-17(22)11-18(23)10-16)26-13-15-5-6-20(25-12-15)28-7-3-4-8-28;/h5-6,9-12,19,29H,2-4,7-8,13-14H2,1H3,(H2,24,26,27);1H. The second-order valence-electron chi connectivity index (χ2n) is 7.01. The molecule has 0 amide bonds. The Labute approximate surface area is 205 Å². The summed E-state index contributed by atoms with van der Waals surface area (Å²) in [5.41, 5.74) is 1.69. The van der Waals surface area contributed by atoms with Gasteiger partial charge in [-0.05, 0) is 55.2 Å². The molecule has 9 heteroatoms. The van der Waals surface area contributed by atoms with E-state index >= 15 is 0 Å². The van der Waals surface area contributed by atoms with Crippen LogP contribution in [0.5, 0.6) is 0 Å². The number of pyridine rings is 1. The summed E-state index contributed by atoms with van der Waals surface area (Å²) >= 11 is 12.0. The Morgan fingerprint density at radius 3 is 2.47 bits per heavy atom. The van der Waals surface area contributed by atoms with Gasteiger partial charge in [-0.2, -0.15) is 0 Å². The van der Waals surface area contributed by atoms with E-state index in [9.17, 15) is 5.11 Å². The Balaban J connectivity index is 0.00000320. The van der Waals surface area contributed by atoms with Crippen molar-refractivity contribution < 1.29 is 5.11 Å². The monoisotopic (exact) mass is 563 g/mol. The molecule has 0 bridgehead atoms. The maximum absolute atomic E-state index is 10.4. The van der Waals surface area contributed by atoms with Gasteiger partial charge in [-0.15, -0.1) is 24.0 Å². The second kappa shape index (κ2) is 12.5. The van der Waals surface area contributed by atoms with Crippen molar-refractivity contribution in [3.63, 3.8) is 0 Å². The Morgan fingerprint density at radius 1 is 1.17 bits per heavy atom. The lowest BCUT2D eigenvalue weighted by Gasteiger charge is -2.17. The highest BCUT2D eigenvalue weighted by atomic mass is 127. The number of hydrogen-bond donors (Lipinski definition) is 3. The lowest BCUT2D eigenvalue weighted by molar-refractivity contribution is 0.181. The quantitative estimate of drug-likeness (QED) is 0.265. The number of aromatic nitrogens is 1. The van der Waals surface area contributed by atoms with Crippen molar-refractivity contribution in [1.82, 2.24) is 15.6 Å². The number of halogens is 3. The third kappa shape index (κ3) is 7.44. The minimum Gasteiger partial charge on any atom is -0.387 e. The Morgan fingerprint density at radius 2 is 1.87 bits per heavy atom.